The third-order valence-electron chi connectivity index (χ3n) is 6.62. The minimum absolute atomic E-state index is 0.00119. The third-order valence-corrected chi connectivity index (χ3v) is 6.62. The molecular formula is C22H26N4O3. The lowest BCUT2D eigenvalue weighted by atomic mass is 9.85. The highest BCUT2D eigenvalue weighted by molar-refractivity contribution is 6.06. The highest BCUT2D eigenvalue weighted by Gasteiger charge is 2.58. The zero-order chi connectivity index (χ0) is 20.0. The molecule has 152 valence electrons. The second kappa shape index (κ2) is 7.21. The summed E-state index contributed by atoms with van der Waals surface area (Å²) in [6.45, 7) is 1.48. The number of para-hydroxylation sites is 1. The molecule has 1 saturated heterocycles. The predicted molar refractivity (Wildman–Crippen MR) is 108 cm³/mol. The van der Waals surface area contributed by atoms with E-state index >= 15 is 0 Å². The summed E-state index contributed by atoms with van der Waals surface area (Å²) in [6.07, 6.45) is 6.13. The normalized spacial score (nSPS) is 31.8. The van der Waals surface area contributed by atoms with Crippen molar-refractivity contribution in [2.45, 2.75) is 18.9 Å². The van der Waals surface area contributed by atoms with Gasteiger partial charge >= 0.3 is 0 Å². The fraction of sp³-hybridized carbons (Fsp3) is 0.500. The quantitative estimate of drug-likeness (QED) is 0.336. The minimum Gasteiger partial charge on any atom is -0.488 e. The van der Waals surface area contributed by atoms with Gasteiger partial charge in [0.1, 0.15) is 11.9 Å². The smallest absolute Gasteiger partial charge is 0.233 e. The number of likely N-dealkylation sites (tertiary alicyclic amines) is 1. The molecule has 2 bridgehead atoms. The lowest BCUT2D eigenvalue weighted by Crippen LogP contribution is -2.45. The molecule has 0 spiro atoms. The Morgan fingerprint density at radius 2 is 1.86 bits per heavy atom. The van der Waals surface area contributed by atoms with Crippen molar-refractivity contribution in [1.82, 2.24) is 15.5 Å². The summed E-state index contributed by atoms with van der Waals surface area (Å²) in [4.78, 5) is 31.1. The molecule has 5 unspecified atom stereocenters. The van der Waals surface area contributed by atoms with E-state index in [1.54, 1.807) is 7.05 Å². The Morgan fingerprint density at radius 3 is 2.55 bits per heavy atom. The molecule has 7 heteroatoms. The van der Waals surface area contributed by atoms with Gasteiger partial charge in [0.15, 0.2) is 5.96 Å². The Labute approximate surface area is 170 Å². The van der Waals surface area contributed by atoms with E-state index in [9.17, 15) is 9.59 Å². The highest BCUT2D eigenvalue weighted by atomic mass is 16.5. The van der Waals surface area contributed by atoms with Crippen LogP contribution in [0.4, 0.5) is 0 Å². The molecule has 5 rings (SSSR count). The van der Waals surface area contributed by atoms with Crippen LogP contribution in [-0.4, -0.2) is 55.5 Å². The average molecular weight is 394 g/mol. The van der Waals surface area contributed by atoms with E-state index in [4.69, 9.17) is 4.74 Å². The highest BCUT2D eigenvalue weighted by Crippen LogP contribution is 2.52. The first-order valence-corrected chi connectivity index (χ1v) is 10.4. The number of carbonyl (C=O) groups excluding carboxylic acids is 2. The SMILES string of the molecule is CN=C(NCCN1C(=O)C2C3C=CC(C3)C2C1=O)NCC1Cc2ccccc2O1. The van der Waals surface area contributed by atoms with Crippen LogP contribution in [0, 0.1) is 23.7 Å². The molecule has 2 amide bonds. The average Bonchev–Trinajstić information content (AvgIpc) is 3.49. The summed E-state index contributed by atoms with van der Waals surface area (Å²) < 4.78 is 5.94. The second-order valence-electron chi connectivity index (χ2n) is 8.26. The van der Waals surface area contributed by atoms with Crippen molar-refractivity contribution in [1.29, 1.82) is 0 Å². The summed E-state index contributed by atoms with van der Waals surface area (Å²) >= 11 is 0. The number of nitrogens with one attached hydrogen (secondary N) is 2. The van der Waals surface area contributed by atoms with Crippen LogP contribution >= 0.6 is 0 Å². The predicted octanol–water partition coefficient (Wildman–Crippen LogP) is 0.962. The van der Waals surface area contributed by atoms with Gasteiger partial charge in [-0.2, -0.15) is 0 Å². The molecule has 4 aliphatic rings. The molecule has 2 aliphatic heterocycles. The zero-order valence-corrected chi connectivity index (χ0v) is 16.5. The van der Waals surface area contributed by atoms with Crippen molar-refractivity contribution < 1.29 is 14.3 Å². The van der Waals surface area contributed by atoms with Crippen LogP contribution < -0.4 is 15.4 Å². The van der Waals surface area contributed by atoms with Gasteiger partial charge in [-0.05, 0) is 29.9 Å². The van der Waals surface area contributed by atoms with E-state index in [1.807, 2.05) is 18.2 Å². The molecule has 1 aromatic carbocycles. The van der Waals surface area contributed by atoms with Crippen molar-refractivity contribution in [2.24, 2.45) is 28.7 Å². The van der Waals surface area contributed by atoms with Gasteiger partial charge in [0.25, 0.3) is 0 Å². The van der Waals surface area contributed by atoms with Crippen LogP contribution in [0.3, 0.4) is 0 Å². The Morgan fingerprint density at radius 1 is 1.14 bits per heavy atom. The summed E-state index contributed by atoms with van der Waals surface area (Å²) in [7, 11) is 1.71. The van der Waals surface area contributed by atoms with Gasteiger partial charge < -0.3 is 15.4 Å². The van der Waals surface area contributed by atoms with Gasteiger partial charge in [-0.15, -0.1) is 0 Å². The number of allylic oxidation sites excluding steroid dienone is 2. The number of carbonyl (C=O) groups is 2. The fourth-order valence-electron chi connectivity index (χ4n) is 5.27. The van der Waals surface area contributed by atoms with Crippen LogP contribution in [-0.2, 0) is 16.0 Å². The van der Waals surface area contributed by atoms with E-state index in [0.29, 0.717) is 25.6 Å². The molecule has 1 saturated carbocycles. The van der Waals surface area contributed by atoms with Gasteiger partial charge in [0, 0.05) is 26.6 Å². The Balaban J connectivity index is 1.09. The van der Waals surface area contributed by atoms with Crippen LogP contribution in [0.15, 0.2) is 41.4 Å². The summed E-state index contributed by atoms with van der Waals surface area (Å²) in [5.74, 6) is 1.84. The lowest BCUT2D eigenvalue weighted by Gasteiger charge is -2.19. The second-order valence-corrected chi connectivity index (χ2v) is 8.26. The van der Waals surface area contributed by atoms with Crippen molar-refractivity contribution >= 4 is 17.8 Å². The maximum Gasteiger partial charge on any atom is 0.233 e. The van der Waals surface area contributed by atoms with Gasteiger partial charge in [-0.3, -0.25) is 19.5 Å². The van der Waals surface area contributed by atoms with Crippen LogP contribution in [0.25, 0.3) is 0 Å². The number of aliphatic imine (C=N–C) groups is 1. The number of imide groups is 1. The Hall–Kier alpha value is -2.83. The summed E-state index contributed by atoms with van der Waals surface area (Å²) in [5, 5.41) is 6.48. The first-order chi connectivity index (χ1) is 14.2. The lowest BCUT2D eigenvalue weighted by molar-refractivity contribution is -0.140. The maximum atomic E-state index is 12.7. The number of benzene rings is 1. The number of guanidine groups is 1. The standard InChI is InChI=1S/C22H26N4O3/c1-23-22(25-12-16-11-13-4-2-3-5-17(13)29-16)24-8-9-26-20(27)18-14-6-7-15(10-14)19(18)21(26)28/h2-7,14-16,18-19H,8-12H2,1H3,(H2,23,24,25). The molecule has 1 aromatic rings. The van der Waals surface area contributed by atoms with E-state index in [1.165, 1.54) is 10.5 Å². The topological polar surface area (TPSA) is 83.0 Å². The molecule has 0 radical (unpaired) electrons. The molecule has 0 aromatic heterocycles. The first kappa shape index (κ1) is 18.2. The minimum atomic E-state index is -0.129. The van der Waals surface area contributed by atoms with E-state index in [2.05, 4.69) is 33.8 Å². The number of fused-ring (bicyclic) bond motifs is 6. The molecule has 29 heavy (non-hydrogen) atoms. The zero-order valence-electron chi connectivity index (χ0n) is 16.5. The Kier molecular flexibility index (Phi) is 4.53. The Bertz CT molecular complexity index is 841. The number of nitrogens with zero attached hydrogens (tertiary/aromatic N) is 2. The number of hydrogen-bond acceptors (Lipinski definition) is 4. The van der Waals surface area contributed by atoms with Crippen LogP contribution in [0.2, 0.25) is 0 Å². The van der Waals surface area contributed by atoms with E-state index in [-0.39, 0.29) is 41.6 Å². The number of amides is 2. The molecule has 7 nitrogen and oxygen atoms in total. The van der Waals surface area contributed by atoms with Crippen molar-refractivity contribution in [3.05, 3.63) is 42.0 Å². The fourth-order valence-corrected chi connectivity index (χ4v) is 5.27. The number of ether oxygens (including phenoxy) is 1. The van der Waals surface area contributed by atoms with Gasteiger partial charge in [-0.25, -0.2) is 0 Å². The van der Waals surface area contributed by atoms with Crippen molar-refractivity contribution in [3.63, 3.8) is 0 Å². The van der Waals surface area contributed by atoms with E-state index < -0.39 is 0 Å². The third kappa shape index (κ3) is 3.09. The van der Waals surface area contributed by atoms with E-state index in [0.717, 1.165) is 18.6 Å². The van der Waals surface area contributed by atoms with Gasteiger partial charge in [0.2, 0.25) is 11.8 Å². The molecule has 2 aliphatic carbocycles. The molecule has 2 heterocycles. The van der Waals surface area contributed by atoms with Crippen molar-refractivity contribution in [2.75, 3.05) is 26.7 Å². The van der Waals surface area contributed by atoms with Gasteiger partial charge in [0.05, 0.1) is 18.4 Å². The molecule has 5 atom stereocenters. The van der Waals surface area contributed by atoms with Gasteiger partial charge in [-0.1, -0.05) is 30.4 Å². The summed E-state index contributed by atoms with van der Waals surface area (Å²) in [5.41, 5.74) is 1.22. The monoisotopic (exact) mass is 394 g/mol. The maximum absolute atomic E-state index is 12.7. The first-order valence-electron chi connectivity index (χ1n) is 10.4. The summed E-state index contributed by atoms with van der Waals surface area (Å²) in [6, 6.07) is 8.08. The largest absolute Gasteiger partial charge is 0.488 e. The van der Waals surface area contributed by atoms with Crippen LogP contribution in [0.5, 0.6) is 5.75 Å². The van der Waals surface area contributed by atoms with Crippen LogP contribution in [0.1, 0.15) is 12.0 Å². The number of rotatable bonds is 5. The molecular weight excluding hydrogens is 368 g/mol. The molecule has 2 fully saturated rings. The van der Waals surface area contributed by atoms with Crippen molar-refractivity contribution in [3.8, 4) is 5.75 Å². The number of hydrogen-bond donors (Lipinski definition) is 2. The molecule has 2 N–H and O–H groups in total.